The Morgan fingerprint density at radius 3 is 2.36 bits per heavy atom. The first-order valence-electron chi connectivity index (χ1n) is 4.20. The van der Waals surface area contributed by atoms with Gasteiger partial charge in [-0.25, -0.2) is 0 Å². The molecule has 1 saturated heterocycles. The van der Waals surface area contributed by atoms with Crippen molar-refractivity contribution < 1.29 is 9.59 Å². The van der Waals surface area contributed by atoms with Crippen molar-refractivity contribution in [3.8, 4) is 0 Å². The highest BCUT2D eigenvalue weighted by molar-refractivity contribution is 6.06. The third-order valence-corrected chi connectivity index (χ3v) is 2.33. The molecule has 6 heteroatoms. The Morgan fingerprint density at radius 1 is 1.21 bits per heavy atom. The lowest BCUT2D eigenvalue weighted by Crippen LogP contribution is -2.23. The number of aromatic amines is 2. The van der Waals surface area contributed by atoms with Crippen LogP contribution in [0.2, 0.25) is 0 Å². The summed E-state index contributed by atoms with van der Waals surface area (Å²) < 4.78 is 0. The molecule has 0 aliphatic carbocycles. The van der Waals surface area contributed by atoms with Crippen molar-refractivity contribution in [3.05, 3.63) is 21.6 Å². The third-order valence-electron chi connectivity index (χ3n) is 2.33. The highest BCUT2D eigenvalue weighted by Gasteiger charge is 2.35. The van der Waals surface area contributed by atoms with Crippen molar-refractivity contribution in [2.45, 2.75) is 19.3 Å². The molecule has 74 valence electrons. The molecule has 0 radical (unpaired) electrons. The number of amides is 2. The fourth-order valence-corrected chi connectivity index (χ4v) is 1.66. The van der Waals surface area contributed by atoms with E-state index in [9.17, 15) is 14.4 Å². The summed E-state index contributed by atoms with van der Waals surface area (Å²) >= 11 is 0. The second-order valence-electron chi connectivity index (χ2n) is 3.29. The fraction of sp³-hybridized carbons (Fsp3) is 0.375. The maximum Gasteiger partial charge on any atom is 0.268 e. The van der Waals surface area contributed by atoms with Crippen LogP contribution in [0.25, 0.3) is 0 Å². The minimum atomic E-state index is -0.641. The molecule has 1 aliphatic heterocycles. The van der Waals surface area contributed by atoms with Crippen molar-refractivity contribution in [2.75, 3.05) is 0 Å². The van der Waals surface area contributed by atoms with E-state index in [0.717, 1.165) is 0 Å². The van der Waals surface area contributed by atoms with Crippen LogP contribution in [-0.2, 0) is 9.59 Å². The number of H-pyrrole nitrogens is 2. The van der Waals surface area contributed by atoms with Gasteiger partial charge in [0.1, 0.15) is 0 Å². The quantitative estimate of drug-likeness (QED) is 0.509. The van der Waals surface area contributed by atoms with E-state index in [-0.39, 0.29) is 17.9 Å². The molecule has 1 fully saturated rings. The average molecular weight is 195 g/mol. The van der Waals surface area contributed by atoms with E-state index in [4.69, 9.17) is 0 Å². The zero-order chi connectivity index (χ0) is 10.3. The maximum absolute atomic E-state index is 11.3. The average Bonchev–Trinajstić information content (AvgIpc) is 2.57. The first kappa shape index (κ1) is 8.74. The second kappa shape index (κ2) is 2.83. The van der Waals surface area contributed by atoms with E-state index < -0.39 is 11.8 Å². The molecule has 14 heavy (non-hydrogen) atoms. The summed E-state index contributed by atoms with van der Waals surface area (Å²) in [4.78, 5) is 33.5. The van der Waals surface area contributed by atoms with Gasteiger partial charge in [0.25, 0.3) is 5.56 Å². The number of aryl methyl sites for hydroxylation is 1. The Bertz CT molecular complexity index is 457. The molecule has 0 spiro atoms. The van der Waals surface area contributed by atoms with Gasteiger partial charge in [-0.15, -0.1) is 0 Å². The SMILES string of the molecule is Cc1[nH][nH]c(=O)c1C1CC(=O)NC1=O. The summed E-state index contributed by atoms with van der Waals surface area (Å²) in [6, 6.07) is 0. The van der Waals surface area contributed by atoms with Gasteiger partial charge >= 0.3 is 0 Å². The summed E-state index contributed by atoms with van der Waals surface area (Å²) in [5, 5.41) is 7.16. The predicted molar refractivity (Wildman–Crippen MR) is 46.7 cm³/mol. The number of hydrogen-bond donors (Lipinski definition) is 3. The molecule has 0 aromatic carbocycles. The third kappa shape index (κ3) is 1.15. The van der Waals surface area contributed by atoms with Gasteiger partial charge in [0.15, 0.2) is 0 Å². The molecule has 0 bridgehead atoms. The molecule has 2 amide bonds. The zero-order valence-corrected chi connectivity index (χ0v) is 7.51. The van der Waals surface area contributed by atoms with E-state index in [1.807, 2.05) is 0 Å². The lowest BCUT2D eigenvalue weighted by Gasteiger charge is -2.01. The van der Waals surface area contributed by atoms with Crippen LogP contribution in [0.15, 0.2) is 4.79 Å². The van der Waals surface area contributed by atoms with Crippen LogP contribution < -0.4 is 10.9 Å². The van der Waals surface area contributed by atoms with E-state index in [2.05, 4.69) is 15.5 Å². The molecule has 1 aromatic heterocycles. The summed E-state index contributed by atoms with van der Waals surface area (Å²) in [5.74, 6) is -1.37. The highest BCUT2D eigenvalue weighted by Crippen LogP contribution is 2.22. The van der Waals surface area contributed by atoms with Crippen LogP contribution in [0.5, 0.6) is 0 Å². The Labute approximate surface area is 78.7 Å². The topological polar surface area (TPSA) is 94.8 Å². The van der Waals surface area contributed by atoms with E-state index in [1.54, 1.807) is 6.92 Å². The van der Waals surface area contributed by atoms with E-state index in [1.165, 1.54) is 0 Å². The van der Waals surface area contributed by atoms with Gasteiger partial charge in [0.2, 0.25) is 11.8 Å². The minimum Gasteiger partial charge on any atom is -0.302 e. The smallest absolute Gasteiger partial charge is 0.268 e. The number of carbonyl (C=O) groups excluding carboxylic acids is 2. The van der Waals surface area contributed by atoms with Gasteiger partial charge < -0.3 is 5.10 Å². The molecular weight excluding hydrogens is 186 g/mol. The Hall–Kier alpha value is -1.85. The van der Waals surface area contributed by atoms with Gasteiger partial charge in [0.05, 0.1) is 11.5 Å². The van der Waals surface area contributed by atoms with Crippen LogP contribution in [0.3, 0.4) is 0 Å². The number of carbonyl (C=O) groups is 2. The monoisotopic (exact) mass is 195 g/mol. The predicted octanol–water partition coefficient (Wildman–Crippen LogP) is -0.858. The number of imide groups is 1. The normalized spacial score (nSPS) is 21.4. The lowest BCUT2D eigenvalue weighted by molar-refractivity contribution is -0.125. The van der Waals surface area contributed by atoms with Crippen LogP contribution in [0, 0.1) is 6.92 Å². The first-order valence-corrected chi connectivity index (χ1v) is 4.20. The first-order chi connectivity index (χ1) is 6.59. The van der Waals surface area contributed by atoms with Gasteiger partial charge in [0, 0.05) is 12.1 Å². The highest BCUT2D eigenvalue weighted by atomic mass is 16.2. The fourth-order valence-electron chi connectivity index (χ4n) is 1.66. The molecule has 2 heterocycles. The van der Waals surface area contributed by atoms with Gasteiger partial charge in [-0.05, 0) is 6.92 Å². The molecule has 0 saturated carbocycles. The Morgan fingerprint density at radius 2 is 1.93 bits per heavy atom. The molecule has 2 rings (SSSR count). The van der Waals surface area contributed by atoms with E-state index in [0.29, 0.717) is 11.3 Å². The number of hydrogen-bond acceptors (Lipinski definition) is 3. The van der Waals surface area contributed by atoms with Gasteiger partial charge in [-0.2, -0.15) is 0 Å². The van der Waals surface area contributed by atoms with E-state index >= 15 is 0 Å². The summed E-state index contributed by atoms with van der Waals surface area (Å²) in [6.07, 6.45) is 0.0562. The standard InChI is InChI=1S/C8H9N3O3/c1-3-6(8(14)11-10-3)4-2-5(12)9-7(4)13/h4H,2H2,1H3,(H,9,12,13)(H2,10,11,14). The van der Waals surface area contributed by atoms with Crippen LogP contribution >= 0.6 is 0 Å². The van der Waals surface area contributed by atoms with Crippen molar-refractivity contribution in [1.82, 2.24) is 15.5 Å². The molecular formula is C8H9N3O3. The second-order valence-corrected chi connectivity index (χ2v) is 3.29. The molecule has 1 atom stereocenters. The number of nitrogens with one attached hydrogen (secondary N) is 3. The van der Waals surface area contributed by atoms with Gasteiger partial charge in [-0.3, -0.25) is 24.8 Å². The maximum atomic E-state index is 11.3. The molecule has 1 aliphatic rings. The lowest BCUT2D eigenvalue weighted by atomic mass is 9.98. The molecule has 6 nitrogen and oxygen atoms in total. The largest absolute Gasteiger partial charge is 0.302 e. The number of rotatable bonds is 1. The zero-order valence-electron chi connectivity index (χ0n) is 7.51. The van der Waals surface area contributed by atoms with Crippen molar-refractivity contribution in [3.63, 3.8) is 0 Å². The van der Waals surface area contributed by atoms with Crippen LogP contribution in [0.1, 0.15) is 23.6 Å². The summed E-state index contributed by atoms with van der Waals surface area (Å²) in [5.41, 5.74) is 0.621. The van der Waals surface area contributed by atoms with Crippen LogP contribution in [0.4, 0.5) is 0 Å². The van der Waals surface area contributed by atoms with Gasteiger partial charge in [-0.1, -0.05) is 0 Å². The van der Waals surface area contributed by atoms with Crippen LogP contribution in [-0.4, -0.2) is 22.0 Å². The minimum absolute atomic E-state index is 0.0562. The molecule has 1 aromatic rings. The molecule has 3 N–H and O–H groups in total. The Balaban J connectivity index is 2.46. The van der Waals surface area contributed by atoms with Crippen molar-refractivity contribution >= 4 is 11.8 Å². The van der Waals surface area contributed by atoms with Crippen molar-refractivity contribution in [2.24, 2.45) is 0 Å². The number of aromatic nitrogens is 2. The van der Waals surface area contributed by atoms with Crippen molar-refractivity contribution in [1.29, 1.82) is 0 Å². The molecule has 1 unspecified atom stereocenters. The Kier molecular flexibility index (Phi) is 1.77. The summed E-state index contributed by atoms with van der Waals surface area (Å²) in [6.45, 7) is 1.68. The summed E-state index contributed by atoms with van der Waals surface area (Å²) in [7, 11) is 0.